The molecule has 3 rings (SSSR count). The van der Waals surface area contributed by atoms with E-state index in [-0.39, 0.29) is 5.91 Å². The molecule has 2 aromatic carbocycles. The van der Waals surface area contributed by atoms with Gasteiger partial charge in [0.2, 0.25) is 5.91 Å². The number of nitrogens with one attached hydrogen (secondary N) is 1. The van der Waals surface area contributed by atoms with Crippen LogP contribution in [0.2, 0.25) is 0 Å². The van der Waals surface area contributed by atoms with Crippen molar-refractivity contribution in [2.24, 2.45) is 0 Å². The Labute approximate surface area is 182 Å². The third kappa shape index (κ3) is 6.35. The van der Waals surface area contributed by atoms with Gasteiger partial charge in [-0.25, -0.2) is 0 Å². The van der Waals surface area contributed by atoms with Gasteiger partial charge in [-0.05, 0) is 36.1 Å². The first kappa shape index (κ1) is 21.9. The lowest BCUT2D eigenvalue weighted by molar-refractivity contribution is -0.118. The summed E-state index contributed by atoms with van der Waals surface area (Å²) in [7, 11) is 0. The molecule has 0 fully saturated rings. The monoisotopic (exact) mass is 424 g/mol. The van der Waals surface area contributed by atoms with E-state index in [1.54, 1.807) is 0 Å². The van der Waals surface area contributed by atoms with Crippen LogP contribution in [0.25, 0.3) is 0 Å². The SMILES string of the molecule is CCCNC(=O)CSc1nnc(COc2ccc(CC)cc2)n1Cc1ccccc1. The molecule has 6 nitrogen and oxygen atoms in total. The fourth-order valence-electron chi connectivity index (χ4n) is 2.87. The number of carbonyl (C=O) groups excluding carboxylic acids is 1. The molecule has 1 aromatic heterocycles. The van der Waals surface area contributed by atoms with Crippen LogP contribution in [0.1, 0.15) is 37.2 Å². The first-order valence-electron chi connectivity index (χ1n) is 10.3. The molecule has 1 N–H and O–H groups in total. The van der Waals surface area contributed by atoms with E-state index in [9.17, 15) is 4.79 Å². The van der Waals surface area contributed by atoms with Gasteiger partial charge in [-0.1, -0.05) is 68.1 Å². The normalized spacial score (nSPS) is 10.7. The molecule has 3 aromatic rings. The number of hydrogen-bond acceptors (Lipinski definition) is 5. The van der Waals surface area contributed by atoms with Gasteiger partial charge in [0.1, 0.15) is 12.4 Å². The van der Waals surface area contributed by atoms with Crippen LogP contribution < -0.4 is 10.1 Å². The van der Waals surface area contributed by atoms with Gasteiger partial charge in [-0.3, -0.25) is 9.36 Å². The molecular weight excluding hydrogens is 396 g/mol. The third-order valence-electron chi connectivity index (χ3n) is 4.58. The largest absolute Gasteiger partial charge is 0.486 e. The number of nitrogens with zero attached hydrogens (tertiary/aromatic N) is 3. The molecular formula is C23H28N4O2S. The van der Waals surface area contributed by atoms with Crippen LogP contribution in [-0.2, 0) is 24.4 Å². The van der Waals surface area contributed by atoms with E-state index >= 15 is 0 Å². The van der Waals surface area contributed by atoms with Crippen LogP contribution in [0.15, 0.2) is 59.8 Å². The molecule has 158 valence electrons. The highest BCUT2D eigenvalue weighted by atomic mass is 32.2. The summed E-state index contributed by atoms with van der Waals surface area (Å²) in [6.45, 7) is 5.79. The summed E-state index contributed by atoms with van der Waals surface area (Å²) in [5, 5.41) is 12.3. The lowest BCUT2D eigenvalue weighted by Crippen LogP contribution is -2.25. The van der Waals surface area contributed by atoms with E-state index in [0.29, 0.717) is 30.6 Å². The highest BCUT2D eigenvalue weighted by molar-refractivity contribution is 7.99. The molecule has 0 saturated carbocycles. The fourth-order valence-corrected chi connectivity index (χ4v) is 3.66. The zero-order valence-corrected chi connectivity index (χ0v) is 18.3. The van der Waals surface area contributed by atoms with E-state index in [4.69, 9.17) is 4.74 Å². The van der Waals surface area contributed by atoms with Gasteiger partial charge < -0.3 is 10.1 Å². The van der Waals surface area contributed by atoms with Gasteiger partial charge >= 0.3 is 0 Å². The molecule has 7 heteroatoms. The van der Waals surface area contributed by atoms with E-state index in [2.05, 4.69) is 46.7 Å². The second-order valence-corrected chi connectivity index (χ2v) is 7.84. The molecule has 0 bridgehead atoms. The van der Waals surface area contributed by atoms with E-state index < -0.39 is 0 Å². The first-order valence-corrected chi connectivity index (χ1v) is 11.3. The summed E-state index contributed by atoms with van der Waals surface area (Å²) >= 11 is 1.39. The summed E-state index contributed by atoms with van der Waals surface area (Å²) in [5.41, 5.74) is 2.41. The number of aromatic nitrogens is 3. The summed E-state index contributed by atoms with van der Waals surface area (Å²) < 4.78 is 7.97. The van der Waals surface area contributed by atoms with Crippen molar-refractivity contribution < 1.29 is 9.53 Å². The summed E-state index contributed by atoms with van der Waals surface area (Å²) in [5.74, 6) is 1.85. The van der Waals surface area contributed by atoms with Crippen LogP contribution in [0.3, 0.4) is 0 Å². The molecule has 0 aliphatic rings. The molecule has 1 heterocycles. The number of hydrogen-bond donors (Lipinski definition) is 1. The lowest BCUT2D eigenvalue weighted by Gasteiger charge is -2.11. The van der Waals surface area contributed by atoms with Crippen molar-refractivity contribution in [2.45, 2.75) is 45.0 Å². The maximum atomic E-state index is 12.0. The molecule has 30 heavy (non-hydrogen) atoms. The Morgan fingerprint density at radius 1 is 1.03 bits per heavy atom. The lowest BCUT2D eigenvalue weighted by atomic mass is 10.2. The Morgan fingerprint density at radius 2 is 1.80 bits per heavy atom. The zero-order valence-electron chi connectivity index (χ0n) is 17.5. The van der Waals surface area contributed by atoms with Crippen molar-refractivity contribution in [3.8, 4) is 5.75 Å². The van der Waals surface area contributed by atoms with Gasteiger partial charge in [0.15, 0.2) is 11.0 Å². The number of ether oxygens (including phenoxy) is 1. The minimum absolute atomic E-state index is 0.00456. The summed E-state index contributed by atoms with van der Waals surface area (Å²) in [4.78, 5) is 12.0. The number of rotatable bonds is 11. The van der Waals surface area contributed by atoms with E-state index in [1.807, 2.05) is 41.8 Å². The van der Waals surface area contributed by atoms with Gasteiger partial charge in [0, 0.05) is 6.54 Å². The molecule has 0 atom stereocenters. The summed E-state index contributed by atoms with van der Waals surface area (Å²) in [6.07, 6.45) is 1.92. The first-order chi connectivity index (χ1) is 14.7. The Kier molecular flexibility index (Phi) is 8.32. The molecule has 0 aliphatic carbocycles. The van der Waals surface area contributed by atoms with Gasteiger partial charge in [-0.2, -0.15) is 0 Å². The average molecular weight is 425 g/mol. The van der Waals surface area contributed by atoms with Crippen molar-refractivity contribution in [2.75, 3.05) is 12.3 Å². The highest BCUT2D eigenvalue weighted by Gasteiger charge is 2.15. The Balaban J connectivity index is 1.72. The second-order valence-electron chi connectivity index (χ2n) is 6.90. The van der Waals surface area contributed by atoms with Gasteiger partial charge in [-0.15, -0.1) is 10.2 Å². The molecule has 0 spiro atoms. The predicted octanol–water partition coefficient (Wildman–Crippen LogP) is 4.09. The van der Waals surface area contributed by atoms with Crippen LogP contribution >= 0.6 is 11.8 Å². The maximum absolute atomic E-state index is 12.0. The van der Waals surface area contributed by atoms with Crippen molar-refractivity contribution >= 4 is 17.7 Å². The fraction of sp³-hybridized carbons (Fsp3) is 0.348. The van der Waals surface area contributed by atoms with Crippen molar-refractivity contribution in [1.82, 2.24) is 20.1 Å². The van der Waals surface area contributed by atoms with E-state index in [1.165, 1.54) is 17.3 Å². The zero-order chi connectivity index (χ0) is 21.2. The maximum Gasteiger partial charge on any atom is 0.230 e. The smallest absolute Gasteiger partial charge is 0.230 e. The third-order valence-corrected chi connectivity index (χ3v) is 5.55. The Hall–Kier alpha value is -2.80. The van der Waals surface area contributed by atoms with Crippen LogP contribution in [0, 0.1) is 0 Å². The van der Waals surface area contributed by atoms with Gasteiger partial charge in [0.05, 0.1) is 12.3 Å². The van der Waals surface area contributed by atoms with Crippen LogP contribution in [0.5, 0.6) is 5.75 Å². The number of aryl methyl sites for hydroxylation is 1. The molecule has 0 aliphatic heterocycles. The summed E-state index contributed by atoms with van der Waals surface area (Å²) in [6, 6.07) is 18.2. The van der Waals surface area contributed by atoms with Crippen molar-refractivity contribution in [3.63, 3.8) is 0 Å². The molecule has 0 radical (unpaired) electrons. The minimum Gasteiger partial charge on any atom is -0.486 e. The van der Waals surface area contributed by atoms with Crippen LogP contribution in [-0.4, -0.2) is 33.0 Å². The standard InChI is InChI=1S/C23H28N4O2S/c1-3-14-24-22(28)17-30-23-26-25-21(27(23)15-19-8-6-5-7-9-19)16-29-20-12-10-18(4-2)11-13-20/h5-13H,3-4,14-17H2,1-2H3,(H,24,28). The molecule has 0 saturated heterocycles. The molecule has 1 amide bonds. The average Bonchev–Trinajstić information content (AvgIpc) is 3.17. The highest BCUT2D eigenvalue weighted by Crippen LogP contribution is 2.20. The quantitative estimate of drug-likeness (QED) is 0.470. The predicted molar refractivity (Wildman–Crippen MR) is 120 cm³/mol. The minimum atomic E-state index is 0.00456. The van der Waals surface area contributed by atoms with Crippen molar-refractivity contribution in [1.29, 1.82) is 0 Å². The molecule has 0 unspecified atom stereocenters. The van der Waals surface area contributed by atoms with Crippen molar-refractivity contribution in [3.05, 3.63) is 71.5 Å². The number of benzene rings is 2. The Bertz CT molecular complexity index is 926. The Morgan fingerprint density at radius 3 is 2.50 bits per heavy atom. The topological polar surface area (TPSA) is 69.0 Å². The van der Waals surface area contributed by atoms with E-state index in [0.717, 1.165) is 30.0 Å². The number of amides is 1. The van der Waals surface area contributed by atoms with Crippen LogP contribution in [0.4, 0.5) is 0 Å². The van der Waals surface area contributed by atoms with Gasteiger partial charge in [0.25, 0.3) is 0 Å². The number of carbonyl (C=O) groups is 1. The number of thioether (sulfide) groups is 1. The second kappa shape index (κ2) is 11.4.